The lowest BCUT2D eigenvalue weighted by molar-refractivity contribution is -0.119. The molecule has 1 aromatic rings. The Morgan fingerprint density at radius 3 is 2.60 bits per heavy atom. The van der Waals surface area contributed by atoms with Gasteiger partial charge >= 0.3 is 0 Å². The number of para-hydroxylation sites is 1. The van der Waals surface area contributed by atoms with Gasteiger partial charge in [0.15, 0.2) is 0 Å². The van der Waals surface area contributed by atoms with Crippen molar-refractivity contribution in [2.45, 2.75) is 19.9 Å². The highest BCUT2D eigenvalue weighted by atomic mass is 19.1. The summed E-state index contributed by atoms with van der Waals surface area (Å²) < 4.78 is 13.4. The first-order valence-corrected chi connectivity index (χ1v) is 4.89. The topological polar surface area (TPSA) is 46.3 Å². The summed E-state index contributed by atoms with van der Waals surface area (Å²) in [5.41, 5.74) is 5.77. The normalized spacial score (nSPS) is 12.3. The first kappa shape index (κ1) is 11.7. The Hall–Kier alpha value is -1.42. The number of hydrogen-bond donors (Lipinski definition) is 1. The number of carbonyl (C=O) groups excluding carboxylic acids is 1. The molecule has 1 aromatic carbocycles. The number of nitrogens with two attached hydrogens (primary N) is 1. The van der Waals surface area contributed by atoms with Gasteiger partial charge in [0.05, 0.1) is 11.7 Å². The number of hydrogen-bond acceptors (Lipinski definition) is 2. The van der Waals surface area contributed by atoms with Crippen LogP contribution in [0.5, 0.6) is 0 Å². The quantitative estimate of drug-likeness (QED) is 0.822. The Bertz CT molecular complexity index is 352. The zero-order chi connectivity index (χ0) is 11.4. The van der Waals surface area contributed by atoms with Crippen molar-refractivity contribution in [2.24, 2.45) is 5.73 Å². The molecule has 0 spiro atoms. The molecule has 1 rings (SSSR count). The van der Waals surface area contributed by atoms with E-state index in [9.17, 15) is 9.18 Å². The van der Waals surface area contributed by atoms with Crippen LogP contribution in [0.25, 0.3) is 0 Å². The summed E-state index contributed by atoms with van der Waals surface area (Å²) in [5, 5.41) is 0. The fourth-order valence-corrected chi connectivity index (χ4v) is 1.36. The van der Waals surface area contributed by atoms with Gasteiger partial charge in [-0.25, -0.2) is 4.39 Å². The first-order chi connectivity index (χ1) is 7.07. The van der Waals surface area contributed by atoms with Crippen molar-refractivity contribution in [3.63, 3.8) is 0 Å². The third-order valence-electron chi connectivity index (χ3n) is 2.12. The molecule has 0 radical (unpaired) electrons. The molecule has 0 aromatic heterocycles. The van der Waals surface area contributed by atoms with Crippen molar-refractivity contribution in [1.29, 1.82) is 0 Å². The van der Waals surface area contributed by atoms with Crippen LogP contribution in [-0.4, -0.2) is 18.5 Å². The highest BCUT2D eigenvalue weighted by Gasteiger charge is 2.19. The lowest BCUT2D eigenvalue weighted by Crippen LogP contribution is -2.42. The van der Waals surface area contributed by atoms with Gasteiger partial charge < -0.3 is 10.6 Å². The van der Waals surface area contributed by atoms with Crippen molar-refractivity contribution >= 4 is 11.6 Å². The molecule has 82 valence electrons. The smallest absolute Gasteiger partial charge is 0.243 e. The number of amides is 1. The molecule has 0 heterocycles. The van der Waals surface area contributed by atoms with Crippen LogP contribution in [0.15, 0.2) is 24.3 Å². The zero-order valence-electron chi connectivity index (χ0n) is 8.90. The van der Waals surface area contributed by atoms with E-state index in [4.69, 9.17) is 5.73 Å². The van der Waals surface area contributed by atoms with Crippen LogP contribution < -0.4 is 10.6 Å². The Balaban J connectivity index is 3.03. The van der Waals surface area contributed by atoms with Crippen molar-refractivity contribution < 1.29 is 9.18 Å². The van der Waals surface area contributed by atoms with Crippen LogP contribution >= 0.6 is 0 Å². The minimum Gasteiger partial charge on any atom is -0.320 e. The van der Waals surface area contributed by atoms with Gasteiger partial charge in [0.1, 0.15) is 5.82 Å². The molecule has 4 heteroatoms. The molecule has 0 aliphatic rings. The summed E-state index contributed by atoms with van der Waals surface area (Å²) in [6.07, 6.45) is 0. The number of anilines is 1. The summed E-state index contributed by atoms with van der Waals surface area (Å²) >= 11 is 0. The highest BCUT2D eigenvalue weighted by molar-refractivity contribution is 5.96. The van der Waals surface area contributed by atoms with Gasteiger partial charge in [0.25, 0.3) is 0 Å². The molecule has 0 aliphatic heterocycles. The Morgan fingerprint density at radius 2 is 2.13 bits per heavy atom. The van der Waals surface area contributed by atoms with E-state index in [2.05, 4.69) is 0 Å². The summed E-state index contributed by atoms with van der Waals surface area (Å²) in [4.78, 5) is 13.0. The van der Waals surface area contributed by atoms with Gasteiger partial charge in [-0.2, -0.15) is 0 Å². The van der Waals surface area contributed by atoms with E-state index in [0.717, 1.165) is 0 Å². The molecular weight excluding hydrogens is 195 g/mol. The third-order valence-corrected chi connectivity index (χ3v) is 2.12. The molecule has 0 bridgehead atoms. The van der Waals surface area contributed by atoms with E-state index in [1.54, 1.807) is 32.0 Å². The predicted octanol–water partition coefficient (Wildman–Crippen LogP) is 1.53. The molecule has 1 atom stereocenters. The second kappa shape index (κ2) is 4.89. The minimum atomic E-state index is -0.621. The fourth-order valence-electron chi connectivity index (χ4n) is 1.36. The van der Waals surface area contributed by atoms with Gasteiger partial charge in [0.2, 0.25) is 5.91 Å². The number of likely N-dealkylation sites (N-methyl/N-ethyl adjacent to an activating group) is 1. The first-order valence-electron chi connectivity index (χ1n) is 4.89. The van der Waals surface area contributed by atoms with Gasteiger partial charge in [-0.15, -0.1) is 0 Å². The predicted molar refractivity (Wildman–Crippen MR) is 58.1 cm³/mol. The summed E-state index contributed by atoms with van der Waals surface area (Å²) in [6.45, 7) is 3.78. The molecule has 0 saturated heterocycles. The average Bonchev–Trinajstić information content (AvgIpc) is 2.21. The Labute approximate surface area is 88.7 Å². The lowest BCUT2D eigenvalue weighted by atomic mass is 10.2. The Morgan fingerprint density at radius 1 is 1.53 bits per heavy atom. The molecule has 0 fully saturated rings. The van der Waals surface area contributed by atoms with Crippen LogP contribution in [0.2, 0.25) is 0 Å². The minimum absolute atomic E-state index is 0.275. The number of rotatable bonds is 3. The number of halogens is 1. The largest absolute Gasteiger partial charge is 0.320 e. The van der Waals surface area contributed by atoms with E-state index < -0.39 is 11.9 Å². The van der Waals surface area contributed by atoms with E-state index in [1.807, 2.05) is 0 Å². The number of benzene rings is 1. The summed E-state index contributed by atoms with van der Waals surface area (Å²) in [5.74, 6) is -0.684. The molecular formula is C11H15FN2O. The molecule has 15 heavy (non-hydrogen) atoms. The van der Waals surface area contributed by atoms with Crippen LogP contribution in [0.1, 0.15) is 13.8 Å². The van der Waals surface area contributed by atoms with E-state index in [1.165, 1.54) is 11.0 Å². The van der Waals surface area contributed by atoms with E-state index in [-0.39, 0.29) is 11.6 Å². The van der Waals surface area contributed by atoms with Gasteiger partial charge in [0, 0.05) is 6.54 Å². The second-order valence-electron chi connectivity index (χ2n) is 3.32. The maximum Gasteiger partial charge on any atom is 0.243 e. The highest BCUT2D eigenvalue weighted by Crippen LogP contribution is 2.18. The average molecular weight is 210 g/mol. The Kier molecular flexibility index (Phi) is 3.80. The fraction of sp³-hybridized carbons (Fsp3) is 0.364. The van der Waals surface area contributed by atoms with Gasteiger partial charge in [-0.1, -0.05) is 12.1 Å². The SMILES string of the molecule is CCN(C(=O)[C@H](C)N)c1ccccc1F. The van der Waals surface area contributed by atoms with E-state index in [0.29, 0.717) is 6.54 Å². The molecule has 3 nitrogen and oxygen atoms in total. The van der Waals surface area contributed by atoms with Crippen molar-refractivity contribution in [1.82, 2.24) is 0 Å². The van der Waals surface area contributed by atoms with Crippen LogP contribution in [-0.2, 0) is 4.79 Å². The maximum atomic E-state index is 13.4. The lowest BCUT2D eigenvalue weighted by Gasteiger charge is -2.23. The molecule has 2 N–H and O–H groups in total. The molecule has 0 saturated carbocycles. The van der Waals surface area contributed by atoms with Gasteiger partial charge in [-0.05, 0) is 26.0 Å². The van der Waals surface area contributed by atoms with Crippen LogP contribution in [0, 0.1) is 5.82 Å². The third kappa shape index (κ3) is 2.53. The van der Waals surface area contributed by atoms with Crippen molar-refractivity contribution in [3.05, 3.63) is 30.1 Å². The van der Waals surface area contributed by atoms with Crippen LogP contribution in [0.3, 0.4) is 0 Å². The standard InChI is InChI=1S/C11H15FN2O/c1-3-14(11(15)8(2)13)10-7-5-4-6-9(10)12/h4-8H,3,13H2,1-2H3/t8-/m0/s1. The zero-order valence-corrected chi connectivity index (χ0v) is 8.90. The molecule has 0 unspecified atom stereocenters. The van der Waals surface area contributed by atoms with Crippen LogP contribution in [0.4, 0.5) is 10.1 Å². The van der Waals surface area contributed by atoms with Crippen molar-refractivity contribution in [2.75, 3.05) is 11.4 Å². The molecule has 0 aliphatic carbocycles. The van der Waals surface area contributed by atoms with Gasteiger partial charge in [-0.3, -0.25) is 4.79 Å². The number of carbonyl (C=O) groups is 1. The maximum absolute atomic E-state index is 13.4. The number of nitrogens with zero attached hydrogens (tertiary/aromatic N) is 1. The summed E-state index contributed by atoms with van der Waals surface area (Å²) in [6, 6.07) is 5.55. The monoisotopic (exact) mass is 210 g/mol. The molecule has 1 amide bonds. The second-order valence-corrected chi connectivity index (χ2v) is 3.32. The van der Waals surface area contributed by atoms with E-state index >= 15 is 0 Å². The summed E-state index contributed by atoms with van der Waals surface area (Å²) in [7, 11) is 0. The van der Waals surface area contributed by atoms with Crippen molar-refractivity contribution in [3.8, 4) is 0 Å².